The summed E-state index contributed by atoms with van der Waals surface area (Å²) in [4.78, 5) is 18.6. The van der Waals surface area contributed by atoms with Crippen molar-refractivity contribution in [2.45, 2.75) is 19.8 Å². The van der Waals surface area contributed by atoms with Crippen LogP contribution in [0.25, 0.3) is 0 Å². The van der Waals surface area contributed by atoms with Crippen LogP contribution in [-0.4, -0.2) is 40.8 Å². The van der Waals surface area contributed by atoms with E-state index >= 15 is 0 Å². The second kappa shape index (κ2) is 7.04. The number of carbonyl (C=O) groups excluding carboxylic acids is 1. The Hall–Kier alpha value is -2.70. The molecule has 0 bridgehead atoms. The maximum Gasteiger partial charge on any atom is 0.340 e. The van der Waals surface area contributed by atoms with Gasteiger partial charge in [0.05, 0.1) is 24.1 Å². The molecule has 1 aliphatic rings. The van der Waals surface area contributed by atoms with Crippen molar-refractivity contribution < 1.29 is 9.53 Å². The molecule has 1 saturated heterocycles. The van der Waals surface area contributed by atoms with E-state index in [2.05, 4.69) is 25.4 Å². The summed E-state index contributed by atoms with van der Waals surface area (Å²) >= 11 is 0. The van der Waals surface area contributed by atoms with Crippen LogP contribution < -0.4 is 10.2 Å². The quantitative estimate of drug-likeness (QED) is 0.849. The van der Waals surface area contributed by atoms with Crippen molar-refractivity contribution in [1.82, 2.24) is 15.2 Å². The van der Waals surface area contributed by atoms with Gasteiger partial charge in [-0.2, -0.15) is 10.1 Å². The second-order valence-electron chi connectivity index (χ2n) is 5.23. The van der Waals surface area contributed by atoms with Gasteiger partial charge in [0.15, 0.2) is 5.82 Å². The van der Waals surface area contributed by atoms with Crippen molar-refractivity contribution in [3.63, 3.8) is 0 Å². The summed E-state index contributed by atoms with van der Waals surface area (Å²) in [6.07, 6.45) is 3.83. The van der Waals surface area contributed by atoms with Gasteiger partial charge in [-0.05, 0) is 31.9 Å². The number of aromatic nitrogens is 3. The van der Waals surface area contributed by atoms with E-state index in [1.54, 1.807) is 25.3 Å². The molecule has 1 N–H and O–H groups in total. The van der Waals surface area contributed by atoms with Gasteiger partial charge >= 0.3 is 5.97 Å². The molecule has 2 heterocycles. The first-order valence-corrected chi connectivity index (χ1v) is 7.76. The summed E-state index contributed by atoms with van der Waals surface area (Å²) < 4.78 is 5.08. The molecule has 0 atom stereocenters. The number of nitrogens with zero attached hydrogens (tertiary/aromatic N) is 4. The highest BCUT2D eigenvalue weighted by molar-refractivity contribution is 5.96. The standard InChI is InChI=1S/C16H19N5O2/c1-2-23-15(22)12-7-3-4-8-13(12)18-14-11-17-20-16(19-14)21-9-5-6-10-21/h3-4,7-8,11H,2,5-6,9-10H2,1H3,(H,18,19,20). The molecule has 0 unspecified atom stereocenters. The lowest BCUT2D eigenvalue weighted by Crippen LogP contribution is -2.21. The van der Waals surface area contributed by atoms with Gasteiger partial charge in [-0.1, -0.05) is 12.1 Å². The van der Waals surface area contributed by atoms with Gasteiger partial charge in [-0.25, -0.2) is 4.79 Å². The van der Waals surface area contributed by atoms with Crippen molar-refractivity contribution in [1.29, 1.82) is 0 Å². The monoisotopic (exact) mass is 313 g/mol. The molecule has 2 aromatic rings. The van der Waals surface area contributed by atoms with Gasteiger partial charge in [-0.3, -0.25) is 0 Å². The van der Waals surface area contributed by atoms with E-state index in [9.17, 15) is 4.79 Å². The number of rotatable bonds is 5. The van der Waals surface area contributed by atoms with Gasteiger partial charge in [0.25, 0.3) is 0 Å². The van der Waals surface area contributed by atoms with E-state index < -0.39 is 0 Å². The van der Waals surface area contributed by atoms with Crippen LogP contribution in [0.2, 0.25) is 0 Å². The first-order chi connectivity index (χ1) is 11.3. The van der Waals surface area contributed by atoms with Gasteiger partial charge in [0, 0.05) is 13.1 Å². The van der Waals surface area contributed by atoms with Crippen molar-refractivity contribution in [2.24, 2.45) is 0 Å². The van der Waals surface area contributed by atoms with E-state index in [0.717, 1.165) is 25.9 Å². The Morgan fingerprint density at radius 1 is 1.30 bits per heavy atom. The fraction of sp³-hybridized carbons (Fsp3) is 0.375. The lowest BCUT2D eigenvalue weighted by molar-refractivity contribution is 0.0527. The number of carbonyl (C=O) groups is 1. The van der Waals surface area contributed by atoms with E-state index in [-0.39, 0.29) is 5.97 Å². The van der Waals surface area contributed by atoms with Gasteiger partial charge in [0.1, 0.15) is 0 Å². The predicted octanol–water partition coefficient (Wildman–Crippen LogP) is 2.39. The summed E-state index contributed by atoms with van der Waals surface area (Å²) in [5.74, 6) is 0.803. The Balaban J connectivity index is 1.82. The number of ether oxygens (including phenoxy) is 1. The third-order valence-electron chi connectivity index (χ3n) is 3.62. The van der Waals surface area contributed by atoms with Gasteiger partial charge in [-0.15, -0.1) is 5.10 Å². The number of esters is 1. The Kier molecular flexibility index (Phi) is 4.65. The van der Waals surface area contributed by atoms with Gasteiger partial charge in [0.2, 0.25) is 5.95 Å². The Morgan fingerprint density at radius 3 is 2.87 bits per heavy atom. The molecule has 23 heavy (non-hydrogen) atoms. The van der Waals surface area contributed by atoms with Gasteiger partial charge < -0.3 is 15.0 Å². The summed E-state index contributed by atoms with van der Waals surface area (Å²) in [6, 6.07) is 7.17. The Bertz CT molecular complexity index is 686. The van der Waals surface area contributed by atoms with Crippen LogP contribution in [0.4, 0.5) is 17.5 Å². The van der Waals surface area contributed by atoms with Crippen LogP contribution in [0.15, 0.2) is 30.5 Å². The van der Waals surface area contributed by atoms with Crippen molar-refractivity contribution in [2.75, 3.05) is 29.9 Å². The normalized spacial score (nSPS) is 13.9. The molecule has 0 radical (unpaired) electrons. The van der Waals surface area contributed by atoms with Crippen LogP contribution in [0.1, 0.15) is 30.1 Å². The summed E-state index contributed by atoms with van der Waals surface area (Å²) in [7, 11) is 0. The molecule has 1 aromatic carbocycles. The highest BCUT2D eigenvalue weighted by atomic mass is 16.5. The molecule has 3 rings (SSSR count). The zero-order valence-corrected chi connectivity index (χ0v) is 13.0. The molecule has 7 nitrogen and oxygen atoms in total. The average Bonchev–Trinajstić information content (AvgIpc) is 3.10. The predicted molar refractivity (Wildman–Crippen MR) is 87.0 cm³/mol. The van der Waals surface area contributed by atoms with Crippen LogP contribution in [0.5, 0.6) is 0 Å². The zero-order chi connectivity index (χ0) is 16.1. The smallest absolute Gasteiger partial charge is 0.340 e. The Labute approximate surface area is 134 Å². The number of nitrogens with one attached hydrogen (secondary N) is 1. The maximum atomic E-state index is 12.0. The molecular formula is C16H19N5O2. The number of para-hydroxylation sites is 1. The minimum absolute atomic E-state index is 0.335. The third-order valence-corrected chi connectivity index (χ3v) is 3.62. The van der Waals surface area contributed by atoms with E-state index in [4.69, 9.17) is 4.74 Å². The topological polar surface area (TPSA) is 80.2 Å². The first-order valence-electron chi connectivity index (χ1n) is 7.76. The van der Waals surface area contributed by atoms with Crippen molar-refractivity contribution in [3.8, 4) is 0 Å². The molecule has 0 amide bonds. The van der Waals surface area contributed by atoms with E-state index in [1.165, 1.54) is 0 Å². The third kappa shape index (κ3) is 3.56. The summed E-state index contributed by atoms with van der Waals surface area (Å²) in [5, 5.41) is 11.2. The highest BCUT2D eigenvalue weighted by Gasteiger charge is 2.17. The van der Waals surface area contributed by atoms with Crippen LogP contribution >= 0.6 is 0 Å². The molecule has 0 aliphatic carbocycles. The van der Waals surface area contributed by atoms with Crippen LogP contribution in [0.3, 0.4) is 0 Å². The van der Waals surface area contributed by atoms with Crippen LogP contribution in [-0.2, 0) is 4.74 Å². The number of anilines is 3. The first kappa shape index (κ1) is 15.2. The van der Waals surface area contributed by atoms with E-state index in [0.29, 0.717) is 29.6 Å². The second-order valence-corrected chi connectivity index (χ2v) is 5.23. The lowest BCUT2D eigenvalue weighted by atomic mass is 10.2. The van der Waals surface area contributed by atoms with E-state index in [1.807, 2.05) is 12.1 Å². The number of hydrogen-bond acceptors (Lipinski definition) is 7. The SMILES string of the molecule is CCOC(=O)c1ccccc1Nc1cnnc(N2CCCC2)n1. The molecular weight excluding hydrogens is 294 g/mol. The molecule has 1 aromatic heterocycles. The summed E-state index contributed by atoms with van der Waals surface area (Å²) in [5.41, 5.74) is 1.11. The fourth-order valence-corrected chi connectivity index (χ4v) is 2.52. The highest BCUT2D eigenvalue weighted by Crippen LogP contribution is 2.22. The van der Waals surface area contributed by atoms with Crippen LogP contribution in [0, 0.1) is 0 Å². The minimum Gasteiger partial charge on any atom is -0.462 e. The largest absolute Gasteiger partial charge is 0.462 e. The van der Waals surface area contributed by atoms with Crippen molar-refractivity contribution >= 4 is 23.4 Å². The van der Waals surface area contributed by atoms with Crippen molar-refractivity contribution in [3.05, 3.63) is 36.0 Å². The zero-order valence-electron chi connectivity index (χ0n) is 13.0. The molecule has 0 saturated carbocycles. The summed E-state index contributed by atoms with van der Waals surface area (Å²) in [6.45, 7) is 4.01. The average molecular weight is 313 g/mol. The molecule has 0 spiro atoms. The lowest BCUT2D eigenvalue weighted by Gasteiger charge is -2.15. The number of benzene rings is 1. The molecule has 7 heteroatoms. The molecule has 1 aliphatic heterocycles. The number of hydrogen-bond donors (Lipinski definition) is 1. The molecule has 120 valence electrons. The fourth-order valence-electron chi connectivity index (χ4n) is 2.52. The molecule has 1 fully saturated rings. The maximum absolute atomic E-state index is 12.0. The Morgan fingerprint density at radius 2 is 2.09 bits per heavy atom. The minimum atomic E-state index is -0.364.